The van der Waals surface area contributed by atoms with E-state index >= 15 is 0 Å². The third-order valence-corrected chi connectivity index (χ3v) is 14.3. The molecule has 0 radical (unpaired) electrons. The van der Waals surface area contributed by atoms with Gasteiger partial charge in [-0.2, -0.15) is 0 Å². The second kappa shape index (κ2) is 14.6. The number of carbonyl (C=O) groups is 1. The topological polar surface area (TPSA) is 26.3 Å². The molecule has 0 N–H and O–H groups in total. The van der Waals surface area contributed by atoms with Gasteiger partial charge in [0.15, 0.2) is 5.78 Å². The minimum absolute atomic E-state index is 0.0548. The van der Waals surface area contributed by atoms with Gasteiger partial charge in [-0.3, -0.25) is 4.79 Å². The van der Waals surface area contributed by atoms with E-state index in [1.807, 2.05) is 0 Å². The van der Waals surface area contributed by atoms with Crippen molar-refractivity contribution >= 4 is 13.9 Å². The molecule has 0 aromatic heterocycles. The predicted molar refractivity (Wildman–Crippen MR) is 135 cm³/mol. The van der Waals surface area contributed by atoms with E-state index in [-0.39, 0.29) is 6.10 Å². The molecule has 2 nitrogen and oxygen atoms in total. The van der Waals surface area contributed by atoms with Crippen LogP contribution in [0.3, 0.4) is 0 Å². The van der Waals surface area contributed by atoms with Crippen LogP contribution in [-0.4, -0.2) is 26.6 Å². The van der Waals surface area contributed by atoms with E-state index in [2.05, 4.69) is 54.2 Å². The highest BCUT2D eigenvalue weighted by molar-refractivity contribution is 6.88. The van der Waals surface area contributed by atoms with Crippen molar-refractivity contribution in [1.29, 1.82) is 0 Å². The monoisotopic (exact) mass is 436 g/mol. The van der Waals surface area contributed by atoms with Crippen LogP contribution in [0.5, 0.6) is 0 Å². The fourth-order valence-electron chi connectivity index (χ4n) is 5.69. The lowest BCUT2D eigenvalue weighted by atomic mass is 9.99. The maximum Gasteiger partial charge on any atom is 0.160 e. The normalized spacial score (nSPS) is 18.2. The fraction of sp³-hybridized carbons (Fsp3) is 0.889. The molecule has 0 aromatic carbocycles. The standard InChI is InChI=1S/C27H52O2Si/c1-8-9-10-11-12-13-14-15-16-18-26(28)25(27-19-17-20-29-27)21-30(22(2)3,23(4)5)24(6)7/h21-24,27H,8-20H2,1-7H3/b25-21+. The lowest BCUT2D eigenvalue weighted by Gasteiger charge is -2.41. The van der Waals surface area contributed by atoms with Gasteiger partial charge in [-0.15, -0.1) is 0 Å². The lowest BCUT2D eigenvalue weighted by molar-refractivity contribution is -0.116. The number of ketones is 1. The van der Waals surface area contributed by atoms with Gasteiger partial charge in [0.1, 0.15) is 0 Å². The molecule has 1 unspecified atom stereocenters. The van der Waals surface area contributed by atoms with E-state index < -0.39 is 8.07 Å². The molecule has 1 heterocycles. The van der Waals surface area contributed by atoms with E-state index in [1.165, 1.54) is 51.4 Å². The Morgan fingerprint density at radius 1 is 0.867 bits per heavy atom. The molecule has 0 bridgehead atoms. The number of Topliss-reactive ketones (excluding diaryl/α,β-unsaturated/α-hetero) is 1. The average Bonchev–Trinajstić information content (AvgIpc) is 3.20. The molecule has 3 heteroatoms. The van der Waals surface area contributed by atoms with E-state index in [1.54, 1.807) is 0 Å². The number of ether oxygens (including phenoxy) is 1. The molecule has 0 saturated carbocycles. The van der Waals surface area contributed by atoms with Gasteiger partial charge >= 0.3 is 0 Å². The highest BCUT2D eigenvalue weighted by atomic mass is 28.3. The number of unbranched alkanes of at least 4 members (excludes halogenated alkanes) is 8. The van der Waals surface area contributed by atoms with Crippen LogP contribution in [0.1, 0.15) is 126 Å². The van der Waals surface area contributed by atoms with Crippen LogP contribution < -0.4 is 0 Å². The van der Waals surface area contributed by atoms with Crippen LogP contribution in [0.4, 0.5) is 0 Å². The van der Waals surface area contributed by atoms with Gasteiger partial charge in [0.2, 0.25) is 0 Å². The first-order valence-corrected chi connectivity index (χ1v) is 15.5. The van der Waals surface area contributed by atoms with E-state index in [4.69, 9.17) is 4.74 Å². The summed E-state index contributed by atoms with van der Waals surface area (Å²) >= 11 is 0. The molecule has 1 fully saturated rings. The van der Waals surface area contributed by atoms with Crippen molar-refractivity contribution in [1.82, 2.24) is 0 Å². The molecular formula is C27H52O2Si. The zero-order valence-electron chi connectivity index (χ0n) is 21.4. The number of hydrogen-bond acceptors (Lipinski definition) is 2. The zero-order chi connectivity index (χ0) is 22.6. The van der Waals surface area contributed by atoms with Crippen molar-refractivity contribution < 1.29 is 9.53 Å². The third kappa shape index (κ3) is 8.26. The number of rotatable bonds is 16. The Hall–Kier alpha value is -0.413. The van der Waals surface area contributed by atoms with E-state index in [0.29, 0.717) is 28.8 Å². The highest BCUT2D eigenvalue weighted by Gasteiger charge is 2.42. The summed E-state index contributed by atoms with van der Waals surface area (Å²) in [5, 5.41) is 0. The van der Waals surface area contributed by atoms with Crippen molar-refractivity contribution in [3.8, 4) is 0 Å². The summed E-state index contributed by atoms with van der Waals surface area (Å²) in [5.41, 5.74) is 5.46. The van der Waals surface area contributed by atoms with E-state index in [9.17, 15) is 4.79 Å². The summed E-state index contributed by atoms with van der Waals surface area (Å²) in [4.78, 5) is 13.4. The van der Waals surface area contributed by atoms with Gasteiger partial charge in [-0.1, -0.05) is 106 Å². The Morgan fingerprint density at radius 3 is 1.80 bits per heavy atom. The van der Waals surface area contributed by atoms with Crippen molar-refractivity contribution in [2.45, 2.75) is 148 Å². The Morgan fingerprint density at radius 2 is 1.37 bits per heavy atom. The van der Waals surface area contributed by atoms with Crippen LogP contribution in [0.15, 0.2) is 11.3 Å². The van der Waals surface area contributed by atoms with Gasteiger partial charge in [-0.25, -0.2) is 0 Å². The summed E-state index contributed by atoms with van der Waals surface area (Å²) in [6.45, 7) is 17.3. The predicted octanol–water partition coefficient (Wildman–Crippen LogP) is 8.80. The van der Waals surface area contributed by atoms with Crippen LogP contribution in [-0.2, 0) is 9.53 Å². The van der Waals surface area contributed by atoms with Gasteiger partial charge in [-0.05, 0) is 35.9 Å². The molecule has 1 aliphatic heterocycles. The first-order valence-electron chi connectivity index (χ1n) is 13.1. The fourth-order valence-corrected chi connectivity index (χ4v) is 11.6. The molecule has 0 spiro atoms. The summed E-state index contributed by atoms with van der Waals surface area (Å²) in [7, 11) is -1.76. The number of carbonyl (C=O) groups excluding carboxylic acids is 1. The molecule has 0 aliphatic carbocycles. The second-order valence-corrected chi connectivity index (χ2v) is 16.3. The Bertz CT molecular complexity index is 479. The minimum atomic E-state index is -1.76. The second-order valence-electron chi connectivity index (χ2n) is 10.6. The Kier molecular flexibility index (Phi) is 13.5. The SMILES string of the molecule is CCCCCCCCCCCC(=O)/C(=C\[Si](C(C)C)(C(C)C)C(C)C)C1CCCO1. The maximum atomic E-state index is 13.4. The van der Waals surface area contributed by atoms with Crippen LogP contribution in [0.25, 0.3) is 0 Å². The van der Waals surface area contributed by atoms with Crippen LogP contribution >= 0.6 is 0 Å². The Balaban J connectivity index is 2.74. The molecular weight excluding hydrogens is 384 g/mol. The maximum absolute atomic E-state index is 13.4. The lowest BCUT2D eigenvalue weighted by Crippen LogP contribution is -2.44. The van der Waals surface area contributed by atoms with Crippen LogP contribution in [0, 0.1) is 0 Å². The first kappa shape index (κ1) is 27.6. The van der Waals surface area contributed by atoms with Gasteiger partial charge in [0, 0.05) is 18.6 Å². The summed E-state index contributed by atoms with van der Waals surface area (Å²) in [6, 6.07) is 0. The molecule has 176 valence electrons. The van der Waals surface area contributed by atoms with Crippen LogP contribution in [0.2, 0.25) is 16.6 Å². The molecule has 1 saturated heterocycles. The van der Waals surface area contributed by atoms with Gasteiger partial charge in [0.05, 0.1) is 14.2 Å². The summed E-state index contributed by atoms with van der Waals surface area (Å²) < 4.78 is 6.05. The quantitative estimate of drug-likeness (QED) is 0.137. The van der Waals surface area contributed by atoms with Gasteiger partial charge < -0.3 is 4.74 Å². The molecule has 30 heavy (non-hydrogen) atoms. The summed E-state index contributed by atoms with van der Waals surface area (Å²) in [5.74, 6) is 0.378. The third-order valence-electron chi connectivity index (χ3n) is 7.51. The van der Waals surface area contributed by atoms with Crippen molar-refractivity contribution in [2.24, 2.45) is 0 Å². The molecule has 0 aromatic rings. The largest absolute Gasteiger partial charge is 0.373 e. The smallest absolute Gasteiger partial charge is 0.160 e. The zero-order valence-corrected chi connectivity index (χ0v) is 22.4. The van der Waals surface area contributed by atoms with Crippen molar-refractivity contribution in [3.63, 3.8) is 0 Å². The van der Waals surface area contributed by atoms with Gasteiger partial charge in [0.25, 0.3) is 0 Å². The molecule has 1 atom stereocenters. The highest BCUT2D eigenvalue weighted by Crippen LogP contribution is 2.44. The van der Waals surface area contributed by atoms with Crippen molar-refractivity contribution in [3.05, 3.63) is 11.3 Å². The first-order chi connectivity index (χ1) is 14.3. The van der Waals surface area contributed by atoms with Crippen molar-refractivity contribution in [2.75, 3.05) is 6.61 Å². The molecule has 0 amide bonds. The van der Waals surface area contributed by atoms with E-state index in [0.717, 1.165) is 31.4 Å². The summed E-state index contributed by atoms with van der Waals surface area (Å²) in [6.07, 6.45) is 14.5. The molecule has 1 aliphatic rings. The Labute approximate surface area is 189 Å². The number of hydrogen-bond donors (Lipinski definition) is 0. The molecule has 1 rings (SSSR count). The average molecular weight is 437 g/mol. The minimum Gasteiger partial charge on any atom is -0.373 e.